The van der Waals surface area contributed by atoms with Crippen LogP contribution in [-0.2, 0) is 6.54 Å². The maximum atomic E-state index is 12.8. The summed E-state index contributed by atoms with van der Waals surface area (Å²) in [5.74, 6) is 0.370. The molecule has 0 spiro atoms. The van der Waals surface area contributed by atoms with Gasteiger partial charge in [-0.3, -0.25) is 4.79 Å². The van der Waals surface area contributed by atoms with E-state index in [0.717, 1.165) is 10.9 Å². The second-order valence-electron chi connectivity index (χ2n) is 6.31. The third kappa shape index (κ3) is 3.85. The molecule has 6 heteroatoms. The minimum absolute atomic E-state index is 0.237. The molecule has 1 N–H and O–H groups in total. The van der Waals surface area contributed by atoms with Crippen molar-refractivity contribution in [1.29, 1.82) is 0 Å². The molecule has 140 valence electrons. The van der Waals surface area contributed by atoms with Crippen molar-refractivity contribution in [2.24, 2.45) is 4.99 Å². The summed E-state index contributed by atoms with van der Waals surface area (Å²) in [5, 5.41) is 4.29. The molecule has 2 heterocycles. The highest BCUT2D eigenvalue weighted by molar-refractivity contribution is 6.30. The number of amides is 1. The van der Waals surface area contributed by atoms with Crippen LogP contribution in [-0.4, -0.2) is 5.91 Å². The summed E-state index contributed by atoms with van der Waals surface area (Å²) in [6, 6.07) is 18.2. The Morgan fingerprint density at radius 3 is 2.75 bits per heavy atom. The molecule has 0 radical (unpaired) electrons. The van der Waals surface area contributed by atoms with E-state index in [0.29, 0.717) is 27.6 Å². The minimum atomic E-state index is -0.295. The molecule has 28 heavy (non-hydrogen) atoms. The fourth-order valence-electron chi connectivity index (χ4n) is 2.84. The summed E-state index contributed by atoms with van der Waals surface area (Å²) in [4.78, 5) is 17.4. The Bertz CT molecular complexity index is 1210. The second kappa shape index (κ2) is 7.74. The largest absolute Gasteiger partial charge is 0.467 e. The Morgan fingerprint density at radius 1 is 1.11 bits per heavy atom. The van der Waals surface area contributed by atoms with Gasteiger partial charge in [-0.2, -0.15) is 0 Å². The van der Waals surface area contributed by atoms with Crippen molar-refractivity contribution in [3.63, 3.8) is 0 Å². The predicted octanol–water partition coefficient (Wildman–Crippen LogP) is 5.15. The number of nitrogens with one attached hydrogen (secondary N) is 1. The van der Waals surface area contributed by atoms with Crippen LogP contribution in [0.15, 0.2) is 80.8 Å². The van der Waals surface area contributed by atoms with Crippen LogP contribution in [0, 0.1) is 6.92 Å². The third-order valence-corrected chi connectivity index (χ3v) is 4.52. The van der Waals surface area contributed by atoms with Crippen molar-refractivity contribution < 1.29 is 13.6 Å². The summed E-state index contributed by atoms with van der Waals surface area (Å²) in [6.07, 6.45) is 1.57. The fourth-order valence-corrected chi connectivity index (χ4v) is 3.07. The maximum absolute atomic E-state index is 12.8. The van der Waals surface area contributed by atoms with Crippen molar-refractivity contribution in [2.75, 3.05) is 0 Å². The molecule has 5 nitrogen and oxygen atoms in total. The number of rotatable bonds is 4. The first-order valence-corrected chi connectivity index (χ1v) is 9.12. The molecular formula is C22H17ClN2O3. The van der Waals surface area contributed by atoms with Crippen LogP contribution >= 0.6 is 11.6 Å². The fraction of sp³-hybridized carbons (Fsp3) is 0.0909. The van der Waals surface area contributed by atoms with Gasteiger partial charge in [0.25, 0.3) is 5.91 Å². The molecule has 0 atom stereocenters. The lowest BCUT2D eigenvalue weighted by atomic mass is 10.1. The van der Waals surface area contributed by atoms with E-state index in [4.69, 9.17) is 20.4 Å². The lowest BCUT2D eigenvalue weighted by molar-refractivity contribution is 0.0944. The molecule has 2 aromatic carbocycles. The lowest BCUT2D eigenvalue weighted by Crippen LogP contribution is -2.28. The van der Waals surface area contributed by atoms with Gasteiger partial charge in [0.2, 0.25) is 5.55 Å². The van der Waals surface area contributed by atoms with E-state index in [1.165, 1.54) is 0 Å². The number of furan rings is 1. The van der Waals surface area contributed by atoms with Crippen LogP contribution in [0.4, 0.5) is 5.69 Å². The molecule has 4 aromatic rings. The van der Waals surface area contributed by atoms with E-state index < -0.39 is 0 Å². The molecule has 0 fully saturated rings. The number of fused-ring (bicyclic) bond motifs is 1. The van der Waals surface area contributed by atoms with E-state index in [2.05, 4.69) is 10.3 Å². The third-order valence-electron chi connectivity index (χ3n) is 4.28. The minimum Gasteiger partial charge on any atom is -0.467 e. The van der Waals surface area contributed by atoms with E-state index in [1.54, 1.807) is 36.6 Å². The summed E-state index contributed by atoms with van der Waals surface area (Å²) >= 11 is 6.03. The average Bonchev–Trinajstić information content (AvgIpc) is 3.21. The van der Waals surface area contributed by atoms with E-state index in [9.17, 15) is 4.79 Å². The molecule has 0 aliphatic rings. The number of carbonyl (C=O) groups is 1. The zero-order chi connectivity index (χ0) is 19.5. The average molecular weight is 393 g/mol. The molecule has 0 saturated carbocycles. The van der Waals surface area contributed by atoms with Crippen molar-refractivity contribution in [2.45, 2.75) is 13.5 Å². The van der Waals surface area contributed by atoms with E-state index >= 15 is 0 Å². The number of carbonyl (C=O) groups excluding carboxylic acids is 1. The van der Waals surface area contributed by atoms with Crippen LogP contribution < -0.4 is 10.9 Å². The second-order valence-corrected chi connectivity index (χ2v) is 6.74. The van der Waals surface area contributed by atoms with Crippen molar-refractivity contribution in [3.8, 4) is 0 Å². The van der Waals surface area contributed by atoms with E-state index in [1.807, 2.05) is 37.3 Å². The predicted molar refractivity (Wildman–Crippen MR) is 108 cm³/mol. The van der Waals surface area contributed by atoms with Gasteiger partial charge in [-0.15, -0.1) is 0 Å². The molecule has 0 aliphatic carbocycles. The van der Waals surface area contributed by atoms with Gasteiger partial charge in [-0.05, 0) is 55.0 Å². The highest BCUT2D eigenvalue weighted by atomic mass is 35.5. The van der Waals surface area contributed by atoms with Crippen LogP contribution in [0.1, 0.15) is 21.7 Å². The number of hydrogen-bond donors (Lipinski definition) is 1. The highest BCUT2D eigenvalue weighted by Gasteiger charge is 2.13. The molecule has 4 rings (SSSR count). The molecule has 1 amide bonds. The first-order valence-electron chi connectivity index (χ1n) is 8.74. The molecular weight excluding hydrogens is 376 g/mol. The first-order chi connectivity index (χ1) is 13.6. The van der Waals surface area contributed by atoms with Crippen LogP contribution in [0.3, 0.4) is 0 Å². The van der Waals surface area contributed by atoms with Gasteiger partial charge < -0.3 is 14.2 Å². The topological polar surface area (TPSA) is 67.7 Å². The molecule has 0 bridgehead atoms. The van der Waals surface area contributed by atoms with Gasteiger partial charge in [0.05, 0.1) is 18.5 Å². The Morgan fingerprint density at radius 2 is 1.96 bits per heavy atom. The number of hydrogen-bond acceptors (Lipinski definition) is 4. The summed E-state index contributed by atoms with van der Waals surface area (Å²) in [7, 11) is 0. The number of aryl methyl sites for hydroxylation is 1. The van der Waals surface area contributed by atoms with Gasteiger partial charge in [0.15, 0.2) is 0 Å². The highest BCUT2D eigenvalue weighted by Crippen LogP contribution is 2.22. The quantitative estimate of drug-likeness (QED) is 0.522. The molecule has 0 unspecified atom stereocenters. The Labute approximate surface area is 166 Å². The molecule has 2 aromatic heterocycles. The van der Waals surface area contributed by atoms with E-state index in [-0.39, 0.29) is 18.0 Å². The van der Waals surface area contributed by atoms with Gasteiger partial charge in [0.1, 0.15) is 16.9 Å². The standard InChI is InChI=1S/C22H17ClN2O3/c1-14-11-16(23)8-9-19(14)25-22-18(12-15-5-2-3-7-20(15)28-22)21(26)24-13-17-6-4-10-27-17/h2-12H,13H2,1H3,(H,24,26). The van der Waals surface area contributed by atoms with Gasteiger partial charge in [-0.1, -0.05) is 29.8 Å². The summed E-state index contributed by atoms with van der Waals surface area (Å²) in [5.41, 5.74) is 2.80. The van der Waals surface area contributed by atoms with Crippen molar-refractivity contribution in [3.05, 3.63) is 94.4 Å². The van der Waals surface area contributed by atoms with Gasteiger partial charge in [0, 0.05) is 10.4 Å². The SMILES string of the molecule is Cc1cc(Cl)ccc1N=c1oc2ccccc2cc1C(=O)NCc1ccco1. The summed E-state index contributed by atoms with van der Waals surface area (Å²) < 4.78 is 11.2. The normalized spacial score (nSPS) is 11.7. The van der Waals surface area contributed by atoms with Crippen molar-refractivity contribution >= 4 is 34.2 Å². The Balaban J connectivity index is 1.80. The van der Waals surface area contributed by atoms with Crippen LogP contribution in [0.2, 0.25) is 5.02 Å². The zero-order valence-electron chi connectivity index (χ0n) is 15.1. The Hall–Kier alpha value is -3.31. The van der Waals surface area contributed by atoms with Crippen LogP contribution in [0.25, 0.3) is 11.0 Å². The number of benzene rings is 2. The molecule has 0 saturated heterocycles. The monoisotopic (exact) mass is 392 g/mol. The Kier molecular flexibility index (Phi) is 5.00. The lowest BCUT2D eigenvalue weighted by Gasteiger charge is -2.07. The number of nitrogens with zero attached hydrogens (tertiary/aromatic N) is 1. The first kappa shape index (κ1) is 18.1. The summed E-state index contributed by atoms with van der Waals surface area (Å²) in [6.45, 7) is 2.18. The number of halogens is 1. The van der Waals surface area contributed by atoms with Gasteiger partial charge >= 0.3 is 0 Å². The van der Waals surface area contributed by atoms with Crippen LogP contribution in [0.5, 0.6) is 0 Å². The maximum Gasteiger partial charge on any atom is 0.257 e. The van der Waals surface area contributed by atoms with Gasteiger partial charge in [-0.25, -0.2) is 4.99 Å². The zero-order valence-corrected chi connectivity index (χ0v) is 15.9. The number of para-hydroxylation sites is 1. The smallest absolute Gasteiger partial charge is 0.257 e. The van der Waals surface area contributed by atoms with Crippen molar-refractivity contribution in [1.82, 2.24) is 5.32 Å². The molecule has 0 aliphatic heterocycles.